The number of nitriles is 1. The van der Waals surface area contributed by atoms with E-state index in [0.29, 0.717) is 11.6 Å². The van der Waals surface area contributed by atoms with Crippen LogP contribution in [-0.4, -0.2) is 9.97 Å². The molecule has 0 saturated heterocycles. The molecule has 0 spiro atoms. The van der Waals surface area contributed by atoms with Crippen LogP contribution < -0.4 is 4.74 Å². The molecule has 0 aliphatic rings. The maximum Gasteiger partial charge on any atom is 0.237 e. The molecule has 0 N–H and O–H groups in total. The molecule has 0 aliphatic heterocycles. The summed E-state index contributed by atoms with van der Waals surface area (Å²) >= 11 is 0. The maximum absolute atomic E-state index is 8.66. The highest BCUT2D eigenvalue weighted by Crippen LogP contribution is 2.24. The Bertz CT molecular complexity index is 760. The van der Waals surface area contributed by atoms with E-state index in [2.05, 4.69) is 22.1 Å². The van der Waals surface area contributed by atoms with Gasteiger partial charge in [-0.25, -0.2) is 9.97 Å². The van der Waals surface area contributed by atoms with Crippen molar-refractivity contribution in [1.82, 2.24) is 9.97 Å². The molecule has 0 unspecified atom stereocenters. The van der Waals surface area contributed by atoms with Crippen molar-refractivity contribution in [2.75, 3.05) is 0 Å². The van der Waals surface area contributed by atoms with Crippen LogP contribution in [0, 0.1) is 11.3 Å². The average molecular weight is 273 g/mol. The molecule has 21 heavy (non-hydrogen) atoms. The SMILES string of the molecule is N#Cc1cnc(Oc2ccc(-c3ccccc3)cc2)cn1. The van der Waals surface area contributed by atoms with Gasteiger partial charge in [0, 0.05) is 0 Å². The largest absolute Gasteiger partial charge is 0.438 e. The van der Waals surface area contributed by atoms with Crippen LogP contribution in [0.5, 0.6) is 11.6 Å². The van der Waals surface area contributed by atoms with E-state index in [4.69, 9.17) is 10.00 Å². The second kappa shape index (κ2) is 5.85. The van der Waals surface area contributed by atoms with E-state index in [1.54, 1.807) is 0 Å². The third kappa shape index (κ3) is 3.04. The summed E-state index contributed by atoms with van der Waals surface area (Å²) in [4.78, 5) is 7.93. The molecule has 0 atom stereocenters. The Balaban J connectivity index is 1.76. The van der Waals surface area contributed by atoms with E-state index in [1.165, 1.54) is 12.4 Å². The number of nitrogens with zero attached hydrogens (tertiary/aromatic N) is 3. The molecule has 0 saturated carbocycles. The first kappa shape index (κ1) is 12.8. The van der Waals surface area contributed by atoms with E-state index in [0.717, 1.165) is 11.1 Å². The highest BCUT2D eigenvalue weighted by atomic mass is 16.5. The fraction of sp³-hybridized carbons (Fsp3) is 0. The zero-order valence-electron chi connectivity index (χ0n) is 11.1. The van der Waals surface area contributed by atoms with Gasteiger partial charge in [-0.2, -0.15) is 5.26 Å². The fourth-order valence-electron chi connectivity index (χ4n) is 1.89. The van der Waals surface area contributed by atoms with Crippen LogP contribution in [-0.2, 0) is 0 Å². The fourth-order valence-corrected chi connectivity index (χ4v) is 1.89. The highest BCUT2D eigenvalue weighted by molar-refractivity contribution is 5.63. The van der Waals surface area contributed by atoms with Gasteiger partial charge in [0.25, 0.3) is 0 Å². The second-order valence-electron chi connectivity index (χ2n) is 4.34. The lowest BCUT2D eigenvalue weighted by molar-refractivity contribution is 0.460. The molecule has 0 bridgehead atoms. The molecule has 3 rings (SSSR count). The number of benzene rings is 2. The van der Waals surface area contributed by atoms with Gasteiger partial charge in [-0.15, -0.1) is 0 Å². The maximum atomic E-state index is 8.66. The lowest BCUT2D eigenvalue weighted by Gasteiger charge is -2.06. The molecular weight excluding hydrogens is 262 g/mol. The summed E-state index contributed by atoms with van der Waals surface area (Å²) in [6, 6.07) is 19.8. The summed E-state index contributed by atoms with van der Waals surface area (Å²) in [5.41, 5.74) is 2.54. The third-order valence-corrected chi connectivity index (χ3v) is 2.93. The highest BCUT2D eigenvalue weighted by Gasteiger charge is 2.01. The first-order valence-electron chi connectivity index (χ1n) is 6.40. The molecule has 1 aromatic heterocycles. The lowest BCUT2D eigenvalue weighted by atomic mass is 10.1. The minimum atomic E-state index is 0.266. The summed E-state index contributed by atoms with van der Waals surface area (Å²) in [5.74, 6) is 1.04. The van der Waals surface area contributed by atoms with E-state index in [1.807, 2.05) is 48.5 Å². The topological polar surface area (TPSA) is 58.8 Å². The Kier molecular flexibility index (Phi) is 3.57. The molecular formula is C17H11N3O. The van der Waals surface area contributed by atoms with Gasteiger partial charge in [0.15, 0.2) is 5.69 Å². The van der Waals surface area contributed by atoms with Crippen molar-refractivity contribution in [3.63, 3.8) is 0 Å². The van der Waals surface area contributed by atoms with Crippen LogP contribution in [0.4, 0.5) is 0 Å². The summed E-state index contributed by atoms with van der Waals surface area (Å²) < 4.78 is 5.59. The summed E-state index contributed by atoms with van der Waals surface area (Å²) in [6.07, 6.45) is 2.82. The number of ether oxygens (including phenoxy) is 1. The minimum Gasteiger partial charge on any atom is -0.438 e. The lowest BCUT2D eigenvalue weighted by Crippen LogP contribution is -1.91. The Labute approximate surface area is 122 Å². The van der Waals surface area contributed by atoms with Gasteiger partial charge in [0.2, 0.25) is 5.88 Å². The zero-order chi connectivity index (χ0) is 14.5. The Morgan fingerprint density at radius 1 is 0.810 bits per heavy atom. The quantitative estimate of drug-likeness (QED) is 0.728. The molecule has 3 aromatic rings. The van der Waals surface area contributed by atoms with Crippen LogP contribution in [0.2, 0.25) is 0 Å². The summed E-state index contributed by atoms with van der Waals surface area (Å²) in [7, 11) is 0. The second-order valence-corrected chi connectivity index (χ2v) is 4.34. The summed E-state index contributed by atoms with van der Waals surface area (Å²) in [6.45, 7) is 0. The molecule has 4 nitrogen and oxygen atoms in total. The van der Waals surface area contributed by atoms with Crippen LogP contribution in [0.25, 0.3) is 11.1 Å². The van der Waals surface area contributed by atoms with Gasteiger partial charge in [0.1, 0.15) is 11.8 Å². The number of rotatable bonds is 3. The van der Waals surface area contributed by atoms with Crippen LogP contribution in [0.3, 0.4) is 0 Å². The van der Waals surface area contributed by atoms with Gasteiger partial charge in [-0.3, -0.25) is 0 Å². The Morgan fingerprint density at radius 3 is 2.14 bits per heavy atom. The molecule has 0 amide bonds. The number of hydrogen-bond donors (Lipinski definition) is 0. The average Bonchev–Trinajstić information content (AvgIpc) is 2.57. The smallest absolute Gasteiger partial charge is 0.237 e. The number of aromatic nitrogens is 2. The number of hydrogen-bond acceptors (Lipinski definition) is 4. The molecule has 0 fully saturated rings. The van der Waals surface area contributed by atoms with Crippen molar-refractivity contribution in [3.8, 4) is 28.8 Å². The third-order valence-electron chi connectivity index (χ3n) is 2.93. The van der Waals surface area contributed by atoms with Crippen LogP contribution in [0.15, 0.2) is 67.0 Å². The normalized spacial score (nSPS) is 9.86. The van der Waals surface area contributed by atoms with Crippen LogP contribution in [0.1, 0.15) is 5.69 Å². The molecule has 4 heteroatoms. The standard InChI is InChI=1S/C17H11N3O/c18-10-15-11-20-17(12-19-15)21-16-8-6-14(7-9-16)13-4-2-1-3-5-13/h1-9,11-12H. The van der Waals surface area contributed by atoms with Crippen molar-refractivity contribution < 1.29 is 4.74 Å². The van der Waals surface area contributed by atoms with E-state index < -0.39 is 0 Å². The zero-order valence-corrected chi connectivity index (χ0v) is 11.1. The van der Waals surface area contributed by atoms with Crippen molar-refractivity contribution in [1.29, 1.82) is 5.26 Å². The van der Waals surface area contributed by atoms with Crippen molar-refractivity contribution in [2.24, 2.45) is 0 Å². The van der Waals surface area contributed by atoms with Gasteiger partial charge in [-0.1, -0.05) is 42.5 Å². The Hall–Kier alpha value is -3.19. The minimum absolute atomic E-state index is 0.266. The molecule has 0 aliphatic carbocycles. The van der Waals surface area contributed by atoms with Crippen LogP contribution >= 0.6 is 0 Å². The molecule has 2 aromatic carbocycles. The summed E-state index contributed by atoms with van der Waals surface area (Å²) in [5, 5.41) is 8.66. The van der Waals surface area contributed by atoms with E-state index >= 15 is 0 Å². The van der Waals surface area contributed by atoms with E-state index in [9.17, 15) is 0 Å². The monoisotopic (exact) mass is 273 g/mol. The van der Waals surface area contributed by atoms with Crippen molar-refractivity contribution in [2.45, 2.75) is 0 Å². The molecule has 0 radical (unpaired) electrons. The van der Waals surface area contributed by atoms with Gasteiger partial charge in [-0.05, 0) is 23.3 Å². The van der Waals surface area contributed by atoms with Gasteiger partial charge < -0.3 is 4.74 Å². The predicted molar refractivity (Wildman–Crippen MR) is 78.7 cm³/mol. The molecule has 100 valence electrons. The Morgan fingerprint density at radius 2 is 1.52 bits per heavy atom. The van der Waals surface area contributed by atoms with E-state index in [-0.39, 0.29) is 5.69 Å². The predicted octanol–water partition coefficient (Wildman–Crippen LogP) is 3.81. The first-order chi connectivity index (χ1) is 10.3. The molecule has 1 heterocycles. The first-order valence-corrected chi connectivity index (χ1v) is 6.40. The van der Waals surface area contributed by atoms with Crippen molar-refractivity contribution >= 4 is 0 Å². The van der Waals surface area contributed by atoms with Crippen molar-refractivity contribution in [3.05, 3.63) is 72.7 Å². The van der Waals surface area contributed by atoms with Gasteiger partial charge in [0.05, 0.1) is 12.4 Å². The van der Waals surface area contributed by atoms with Gasteiger partial charge >= 0.3 is 0 Å².